The van der Waals surface area contributed by atoms with Gasteiger partial charge in [-0.3, -0.25) is 14.2 Å². The molecule has 7 nitrogen and oxygen atoms in total. The fourth-order valence-electron chi connectivity index (χ4n) is 2.89. The SMILES string of the molecule is Cc1[nH]nc2ccc(N(CC(=O)OC(C)(C)C)S(=O)(=O)c3cc(Cl)cc(Cl)c3)cc12. The first-order chi connectivity index (χ1) is 13.9. The lowest BCUT2D eigenvalue weighted by atomic mass is 10.2. The van der Waals surface area contributed by atoms with Gasteiger partial charge in [0, 0.05) is 21.1 Å². The van der Waals surface area contributed by atoms with Crippen molar-refractivity contribution in [1.29, 1.82) is 0 Å². The fraction of sp³-hybridized carbons (Fsp3) is 0.300. The van der Waals surface area contributed by atoms with Crippen LogP contribution in [0.15, 0.2) is 41.3 Å². The molecule has 0 bridgehead atoms. The van der Waals surface area contributed by atoms with Crippen LogP contribution in [-0.2, 0) is 19.6 Å². The summed E-state index contributed by atoms with van der Waals surface area (Å²) >= 11 is 12.0. The summed E-state index contributed by atoms with van der Waals surface area (Å²) in [6.45, 7) is 6.43. The normalized spacial score (nSPS) is 12.2. The van der Waals surface area contributed by atoms with Crippen molar-refractivity contribution in [2.75, 3.05) is 10.8 Å². The molecule has 0 fully saturated rings. The number of halogens is 2. The molecule has 2 aromatic carbocycles. The zero-order valence-corrected chi connectivity index (χ0v) is 19.2. The highest BCUT2D eigenvalue weighted by Gasteiger charge is 2.30. The van der Waals surface area contributed by atoms with Gasteiger partial charge in [-0.25, -0.2) is 8.42 Å². The van der Waals surface area contributed by atoms with E-state index < -0.39 is 28.1 Å². The molecule has 0 saturated heterocycles. The predicted molar refractivity (Wildman–Crippen MR) is 118 cm³/mol. The Bertz CT molecular complexity index is 1200. The summed E-state index contributed by atoms with van der Waals surface area (Å²) in [4.78, 5) is 12.4. The van der Waals surface area contributed by atoms with E-state index in [1.54, 1.807) is 39.0 Å². The van der Waals surface area contributed by atoms with Gasteiger partial charge < -0.3 is 4.74 Å². The van der Waals surface area contributed by atoms with Crippen LogP contribution >= 0.6 is 23.2 Å². The van der Waals surface area contributed by atoms with E-state index in [1.165, 1.54) is 18.2 Å². The standard InChI is InChI=1S/C20H21Cl2N3O4S/c1-12-17-10-15(5-6-18(17)24-23-12)25(11-19(26)29-20(2,3)4)30(27,28)16-8-13(21)7-14(22)9-16/h5-10H,11H2,1-4H3,(H,23,24). The van der Waals surface area contributed by atoms with Crippen molar-refractivity contribution in [2.24, 2.45) is 0 Å². The van der Waals surface area contributed by atoms with Crippen LogP contribution in [0, 0.1) is 6.92 Å². The van der Waals surface area contributed by atoms with Crippen LogP contribution in [0.5, 0.6) is 0 Å². The van der Waals surface area contributed by atoms with E-state index in [9.17, 15) is 13.2 Å². The molecule has 0 aliphatic carbocycles. The lowest BCUT2D eigenvalue weighted by Crippen LogP contribution is -2.39. The number of aryl methyl sites for hydroxylation is 1. The van der Waals surface area contributed by atoms with Gasteiger partial charge in [0.25, 0.3) is 10.0 Å². The molecule has 1 N–H and O–H groups in total. The molecule has 3 aromatic rings. The number of anilines is 1. The number of sulfonamides is 1. The summed E-state index contributed by atoms with van der Waals surface area (Å²) in [6, 6.07) is 8.91. The first kappa shape index (κ1) is 22.4. The van der Waals surface area contributed by atoms with E-state index in [0.717, 1.165) is 15.4 Å². The number of aromatic nitrogens is 2. The molecule has 0 spiro atoms. The first-order valence-corrected chi connectivity index (χ1v) is 11.2. The third-order valence-electron chi connectivity index (χ3n) is 4.13. The topological polar surface area (TPSA) is 92.4 Å². The Hall–Kier alpha value is -2.29. The maximum atomic E-state index is 13.5. The molecule has 0 saturated carbocycles. The van der Waals surface area contributed by atoms with Crippen molar-refractivity contribution in [2.45, 2.75) is 38.2 Å². The molecule has 0 amide bonds. The second-order valence-corrected chi connectivity index (χ2v) is 10.5. The number of carbonyl (C=O) groups is 1. The second-order valence-electron chi connectivity index (χ2n) is 7.75. The number of carbonyl (C=O) groups excluding carboxylic acids is 1. The minimum Gasteiger partial charge on any atom is -0.459 e. The Morgan fingerprint density at radius 1 is 1.13 bits per heavy atom. The molecule has 0 aliphatic heterocycles. The number of ether oxygens (including phenoxy) is 1. The Morgan fingerprint density at radius 2 is 1.77 bits per heavy atom. The van der Waals surface area contributed by atoms with Crippen molar-refractivity contribution in [3.8, 4) is 0 Å². The minimum atomic E-state index is -4.18. The van der Waals surface area contributed by atoms with Crippen molar-refractivity contribution in [3.05, 3.63) is 52.1 Å². The molecule has 0 radical (unpaired) electrons. The van der Waals surface area contributed by atoms with Crippen LogP contribution < -0.4 is 4.31 Å². The average molecular weight is 470 g/mol. The van der Waals surface area contributed by atoms with E-state index in [0.29, 0.717) is 5.52 Å². The van der Waals surface area contributed by atoms with Gasteiger partial charge in [0.1, 0.15) is 12.1 Å². The van der Waals surface area contributed by atoms with Crippen LogP contribution in [0.4, 0.5) is 5.69 Å². The summed E-state index contributed by atoms with van der Waals surface area (Å²) in [5.74, 6) is -0.691. The maximum absolute atomic E-state index is 13.5. The van der Waals surface area contributed by atoms with Crippen molar-refractivity contribution in [3.63, 3.8) is 0 Å². The second kappa shape index (κ2) is 8.09. The molecule has 0 aliphatic rings. The van der Waals surface area contributed by atoms with Crippen LogP contribution in [-0.4, -0.2) is 36.7 Å². The van der Waals surface area contributed by atoms with Crippen LogP contribution in [0.2, 0.25) is 10.0 Å². The minimum absolute atomic E-state index is 0.132. The zero-order chi connectivity index (χ0) is 22.3. The number of benzene rings is 2. The van der Waals surface area contributed by atoms with E-state index in [1.807, 2.05) is 6.92 Å². The van der Waals surface area contributed by atoms with Gasteiger partial charge in [-0.05, 0) is 64.1 Å². The molecule has 1 aromatic heterocycles. The quantitative estimate of drug-likeness (QED) is 0.545. The molecular weight excluding hydrogens is 449 g/mol. The Kier molecular flexibility index (Phi) is 6.04. The third-order valence-corrected chi connectivity index (χ3v) is 6.32. The number of hydrogen-bond acceptors (Lipinski definition) is 5. The Balaban J connectivity index is 2.12. The fourth-order valence-corrected chi connectivity index (χ4v) is 5.02. The van der Waals surface area contributed by atoms with Gasteiger partial charge in [0.15, 0.2) is 0 Å². The van der Waals surface area contributed by atoms with E-state index in [4.69, 9.17) is 27.9 Å². The van der Waals surface area contributed by atoms with Crippen LogP contribution in [0.1, 0.15) is 26.5 Å². The number of fused-ring (bicyclic) bond motifs is 1. The van der Waals surface area contributed by atoms with E-state index in [-0.39, 0.29) is 20.6 Å². The number of H-pyrrole nitrogens is 1. The highest BCUT2D eigenvalue weighted by molar-refractivity contribution is 7.92. The average Bonchev–Trinajstić information content (AvgIpc) is 2.98. The predicted octanol–water partition coefficient (Wildman–Crippen LogP) is 4.72. The number of nitrogens with zero attached hydrogens (tertiary/aromatic N) is 2. The smallest absolute Gasteiger partial charge is 0.327 e. The molecule has 3 rings (SSSR count). The van der Waals surface area contributed by atoms with Gasteiger partial charge in [-0.1, -0.05) is 23.2 Å². The summed E-state index contributed by atoms with van der Waals surface area (Å²) in [7, 11) is -4.18. The van der Waals surface area contributed by atoms with Crippen molar-refractivity contribution in [1.82, 2.24) is 10.2 Å². The summed E-state index contributed by atoms with van der Waals surface area (Å²) in [5, 5.41) is 8.08. The van der Waals surface area contributed by atoms with Gasteiger partial charge >= 0.3 is 5.97 Å². The largest absolute Gasteiger partial charge is 0.459 e. The van der Waals surface area contributed by atoms with Crippen molar-refractivity contribution < 1.29 is 17.9 Å². The van der Waals surface area contributed by atoms with Gasteiger partial charge in [-0.15, -0.1) is 0 Å². The zero-order valence-electron chi connectivity index (χ0n) is 16.9. The monoisotopic (exact) mass is 469 g/mol. The van der Waals surface area contributed by atoms with Gasteiger partial charge in [-0.2, -0.15) is 5.10 Å². The molecule has 30 heavy (non-hydrogen) atoms. The number of aromatic amines is 1. The Morgan fingerprint density at radius 3 is 2.37 bits per heavy atom. The van der Waals surface area contributed by atoms with E-state index >= 15 is 0 Å². The molecule has 0 unspecified atom stereocenters. The number of rotatable bonds is 5. The summed E-state index contributed by atoms with van der Waals surface area (Å²) in [6.07, 6.45) is 0. The highest BCUT2D eigenvalue weighted by Crippen LogP contribution is 2.30. The highest BCUT2D eigenvalue weighted by atomic mass is 35.5. The molecule has 1 heterocycles. The van der Waals surface area contributed by atoms with Crippen LogP contribution in [0.25, 0.3) is 10.9 Å². The third kappa shape index (κ3) is 4.88. The van der Waals surface area contributed by atoms with Crippen molar-refractivity contribution >= 4 is 55.8 Å². The number of nitrogens with one attached hydrogen (secondary N) is 1. The Labute approximate surface area is 185 Å². The lowest BCUT2D eigenvalue weighted by Gasteiger charge is -2.26. The molecule has 10 heteroatoms. The first-order valence-electron chi connectivity index (χ1n) is 9.02. The van der Waals surface area contributed by atoms with E-state index in [2.05, 4.69) is 10.2 Å². The number of hydrogen-bond donors (Lipinski definition) is 1. The summed E-state index contributed by atoms with van der Waals surface area (Å²) in [5.41, 5.74) is 0.967. The number of esters is 1. The maximum Gasteiger partial charge on any atom is 0.327 e. The van der Waals surface area contributed by atoms with Gasteiger partial charge in [0.2, 0.25) is 0 Å². The van der Waals surface area contributed by atoms with Gasteiger partial charge in [0.05, 0.1) is 16.1 Å². The molecule has 0 atom stereocenters. The molecular formula is C20H21Cl2N3O4S. The molecule has 160 valence electrons. The summed E-state index contributed by atoms with van der Waals surface area (Å²) < 4.78 is 33.3. The lowest BCUT2D eigenvalue weighted by molar-refractivity contribution is -0.152. The van der Waals surface area contributed by atoms with Crippen LogP contribution in [0.3, 0.4) is 0 Å².